The van der Waals surface area contributed by atoms with E-state index < -0.39 is 29.7 Å². The summed E-state index contributed by atoms with van der Waals surface area (Å²) in [6, 6.07) is 13.7. The van der Waals surface area contributed by atoms with Crippen molar-refractivity contribution in [2.45, 2.75) is 44.2 Å². The number of hydrogen-bond acceptors (Lipinski definition) is 11. The number of aromatic nitrogens is 2. The molecule has 9 rings (SSSR count). The van der Waals surface area contributed by atoms with Gasteiger partial charge in [-0.05, 0) is 69.0 Å². The number of fused-ring (bicyclic) bond motifs is 2. The van der Waals surface area contributed by atoms with Crippen molar-refractivity contribution < 1.29 is 33.5 Å². The first-order valence-electron chi connectivity index (χ1n) is 21.1. The van der Waals surface area contributed by atoms with E-state index in [1.165, 1.54) is 12.1 Å². The maximum Gasteiger partial charge on any atom is 0.266 e. The Labute approximate surface area is 357 Å². The molecule has 2 aromatic carbocycles. The zero-order valence-electron chi connectivity index (χ0n) is 33.7. The minimum absolute atomic E-state index is 0.0204. The molecule has 2 atom stereocenters. The van der Waals surface area contributed by atoms with Crippen molar-refractivity contribution >= 4 is 63.8 Å². The number of aromatic amines is 1. The second-order valence-corrected chi connectivity index (χ2v) is 17.0. The second-order valence-electron chi connectivity index (χ2n) is 16.6. The number of rotatable bonds is 11. The number of carbonyl (C=O) groups is 6. The molecule has 5 aliphatic rings. The topological polar surface area (TPSA) is 181 Å². The molecule has 2 aromatic heterocycles. The van der Waals surface area contributed by atoms with Gasteiger partial charge in [0.2, 0.25) is 17.7 Å². The largest absolute Gasteiger partial charge is 0.483 e. The fourth-order valence-corrected chi connectivity index (χ4v) is 9.54. The lowest BCUT2D eigenvalue weighted by Gasteiger charge is -2.39. The van der Waals surface area contributed by atoms with Crippen molar-refractivity contribution in [3.63, 3.8) is 0 Å². The van der Waals surface area contributed by atoms with E-state index >= 15 is 0 Å². The molecule has 318 valence electrons. The molecule has 0 saturated carbocycles. The molecule has 0 radical (unpaired) electrons. The summed E-state index contributed by atoms with van der Waals surface area (Å²) in [6.07, 6.45) is 6.59. The summed E-state index contributed by atoms with van der Waals surface area (Å²) in [5, 5.41) is 7.41. The Bertz CT molecular complexity index is 2390. The van der Waals surface area contributed by atoms with Gasteiger partial charge in [0.15, 0.2) is 6.61 Å². The van der Waals surface area contributed by atoms with E-state index in [4.69, 9.17) is 16.3 Å². The number of anilines is 1. The number of piperazine rings is 1. The van der Waals surface area contributed by atoms with Gasteiger partial charge < -0.3 is 24.8 Å². The first kappa shape index (κ1) is 40.6. The highest BCUT2D eigenvalue weighted by Gasteiger charge is 2.46. The average Bonchev–Trinajstić information content (AvgIpc) is 3.98. The number of pyridine rings is 1. The standard InChI is InChI=1S/C44H48ClN9O7/c45-33-22-47-37(20-31(33)32-21-46-34-6-2-1-4-29(32)34)48-28-12-15-53(24-28)39(56)25-50-13-10-27(11-14-50)23-51-16-18-52(19-17-51)40(57)26-61-36-7-3-5-30-41(36)44(60)54(43(30)59)35-8-9-38(55)49-42(35)58/h1-7,20-22,27-28,35,46H,8-19,23-26H2,(H,47,48)(H,49,55,58)/t28-,35?/m1/s1. The lowest BCUT2D eigenvalue weighted by molar-refractivity contribution is -0.136. The SMILES string of the molecule is O=C1CCC(N2C(=O)c3cccc(OCC(=O)N4CCN(CC5CCN(CC(=O)N6CC[C@@H](Nc7cc(-c8c[nH]c9ccccc89)c(Cl)cn7)C6)CC5)CC4)c3C2=O)C(=O)N1. The first-order valence-corrected chi connectivity index (χ1v) is 21.4. The van der Waals surface area contributed by atoms with E-state index in [1.54, 1.807) is 17.2 Å². The third-order valence-corrected chi connectivity index (χ3v) is 13.0. The minimum Gasteiger partial charge on any atom is -0.483 e. The van der Waals surface area contributed by atoms with Crippen LogP contribution >= 0.6 is 11.6 Å². The Morgan fingerprint density at radius 3 is 2.43 bits per heavy atom. The molecule has 0 bridgehead atoms. The van der Waals surface area contributed by atoms with E-state index in [2.05, 4.69) is 36.5 Å². The first-order chi connectivity index (χ1) is 29.6. The van der Waals surface area contributed by atoms with Crippen LogP contribution < -0.4 is 15.4 Å². The van der Waals surface area contributed by atoms with Gasteiger partial charge in [-0.2, -0.15) is 0 Å². The van der Waals surface area contributed by atoms with Gasteiger partial charge in [-0.3, -0.25) is 48.8 Å². The van der Waals surface area contributed by atoms with Gasteiger partial charge in [0.05, 0.1) is 22.7 Å². The van der Waals surface area contributed by atoms with Crippen molar-refractivity contribution in [3.8, 4) is 16.9 Å². The average molecular weight is 850 g/mol. The Morgan fingerprint density at radius 2 is 1.62 bits per heavy atom. The van der Waals surface area contributed by atoms with Crippen LogP contribution in [0.3, 0.4) is 0 Å². The number of para-hydroxylation sites is 1. The quantitative estimate of drug-likeness (QED) is 0.189. The molecule has 6 amide bonds. The third-order valence-electron chi connectivity index (χ3n) is 12.7. The molecule has 4 saturated heterocycles. The van der Waals surface area contributed by atoms with Gasteiger partial charge in [-0.1, -0.05) is 35.9 Å². The number of nitrogens with one attached hydrogen (secondary N) is 3. The van der Waals surface area contributed by atoms with Gasteiger partial charge in [-0.25, -0.2) is 4.98 Å². The van der Waals surface area contributed by atoms with Gasteiger partial charge in [-0.15, -0.1) is 0 Å². The van der Waals surface area contributed by atoms with Crippen LogP contribution in [0, 0.1) is 5.92 Å². The van der Waals surface area contributed by atoms with Crippen molar-refractivity contribution in [3.05, 3.63) is 77.1 Å². The molecule has 1 unspecified atom stereocenters. The summed E-state index contributed by atoms with van der Waals surface area (Å²) < 4.78 is 5.84. The van der Waals surface area contributed by atoms with Gasteiger partial charge >= 0.3 is 0 Å². The van der Waals surface area contributed by atoms with Gasteiger partial charge in [0.25, 0.3) is 17.7 Å². The van der Waals surface area contributed by atoms with Crippen LogP contribution in [0.5, 0.6) is 5.75 Å². The molecule has 5 aliphatic heterocycles. The Morgan fingerprint density at radius 1 is 0.820 bits per heavy atom. The number of likely N-dealkylation sites (tertiary alicyclic amines) is 2. The van der Waals surface area contributed by atoms with Gasteiger partial charge in [0.1, 0.15) is 17.6 Å². The summed E-state index contributed by atoms with van der Waals surface area (Å²) in [5.74, 6) is -1.15. The highest BCUT2D eigenvalue weighted by Crippen LogP contribution is 2.36. The number of halogens is 1. The van der Waals surface area contributed by atoms with E-state index in [0.717, 1.165) is 84.7 Å². The number of benzene rings is 2. The number of H-pyrrole nitrogens is 1. The fraction of sp³-hybridized carbons (Fsp3) is 0.432. The molecule has 61 heavy (non-hydrogen) atoms. The summed E-state index contributed by atoms with van der Waals surface area (Å²) in [4.78, 5) is 94.3. The molecule has 17 heteroatoms. The molecule has 0 aliphatic carbocycles. The number of ether oxygens (including phenoxy) is 1. The van der Waals surface area contributed by atoms with Crippen LogP contribution in [-0.4, -0.2) is 154 Å². The molecular formula is C44H48ClN9O7. The maximum atomic E-state index is 13.4. The van der Waals surface area contributed by atoms with Crippen molar-refractivity contribution in [2.24, 2.45) is 5.92 Å². The second kappa shape index (κ2) is 17.3. The molecule has 7 heterocycles. The Balaban J connectivity index is 0.688. The number of carbonyl (C=O) groups excluding carboxylic acids is 6. The van der Waals surface area contributed by atoms with E-state index in [9.17, 15) is 28.8 Å². The normalized spacial score (nSPS) is 21.6. The lowest BCUT2D eigenvalue weighted by Crippen LogP contribution is -2.54. The third kappa shape index (κ3) is 8.44. The zero-order chi connectivity index (χ0) is 42.2. The Kier molecular flexibility index (Phi) is 11.5. The summed E-state index contributed by atoms with van der Waals surface area (Å²) in [6.45, 7) is 6.71. The molecule has 3 N–H and O–H groups in total. The smallest absolute Gasteiger partial charge is 0.266 e. The monoisotopic (exact) mass is 849 g/mol. The Hall–Kier alpha value is -5.84. The molecule has 4 aromatic rings. The highest BCUT2D eigenvalue weighted by molar-refractivity contribution is 6.33. The maximum absolute atomic E-state index is 13.4. The summed E-state index contributed by atoms with van der Waals surface area (Å²) in [5.41, 5.74) is 3.09. The lowest BCUT2D eigenvalue weighted by atomic mass is 9.96. The minimum atomic E-state index is -1.09. The van der Waals surface area contributed by atoms with Crippen molar-refractivity contribution in [2.75, 3.05) is 77.4 Å². The molecule has 16 nitrogen and oxygen atoms in total. The molecule has 0 spiro atoms. The van der Waals surface area contributed by atoms with Crippen LogP contribution in [0.2, 0.25) is 5.02 Å². The summed E-state index contributed by atoms with van der Waals surface area (Å²) in [7, 11) is 0. The number of piperidine rings is 2. The molecule has 4 fully saturated rings. The van der Waals surface area contributed by atoms with Crippen LogP contribution in [-0.2, 0) is 19.2 Å². The summed E-state index contributed by atoms with van der Waals surface area (Å²) >= 11 is 6.59. The van der Waals surface area contributed by atoms with Crippen LogP contribution in [0.25, 0.3) is 22.0 Å². The van der Waals surface area contributed by atoms with Crippen LogP contribution in [0.4, 0.5) is 5.82 Å². The molecular weight excluding hydrogens is 802 g/mol. The predicted molar refractivity (Wildman–Crippen MR) is 226 cm³/mol. The van der Waals surface area contributed by atoms with Crippen molar-refractivity contribution in [1.82, 2.24) is 39.8 Å². The van der Waals surface area contributed by atoms with E-state index in [-0.39, 0.29) is 54.2 Å². The van der Waals surface area contributed by atoms with Crippen LogP contribution in [0.1, 0.15) is 52.8 Å². The number of hydrogen-bond donors (Lipinski definition) is 3. The predicted octanol–water partition coefficient (Wildman–Crippen LogP) is 3.23. The van der Waals surface area contributed by atoms with E-state index in [1.807, 2.05) is 35.4 Å². The van der Waals surface area contributed by atoms with Crippen LogP contribution in [0.15, 0.2) is 60.9 Å². The number of imide groups is 2. The zero-order valence-corrected chi connectivity index (χ0v) is 34.5. The van der Waals surface area contributed by atoms with Crippen molar-refractivity contribution in [1.29, 1.82) is 0 Å². The fourth-order valence-electron chi connectivity index (χ4n) is 9.33. The highest BCUT2D eigenvalue weighted by atomic mass is 35.5. The number of nitrogens with zero attached hydrogens (tertiary/aromatic N) is 6. The number of amides is 6. The van der Waals surface area contributed by atoms with E-state index in [0.29, 0.717) is 43.7 Å². The van der Waals surface area contributed by atoms with Gasteiger partial charge in [0, 0.05) is 92.7 Å².